The minimum absolute atomic E-state index is 0.344. The number of aryl methyl sites for hydroxylation is 1. The van der Waals surface area contributed by atoms with Crippen molar-refractivity contribution in [1.82, 2.24) is 5.43 Å². The van der Waals surface area contributed by atoms with Gasteiger partial charge in [-0.15, -0.1) is 0 Å². The number of nitrogens with one attached hydrogen (secondary N) is 1. The van der Waals surface area contributed by atoms with E-state index in [4.69, 9.17) is 10.6 Å². The second-order valence-corrected chi connectivity index (χ2v) is 4.51. The Morgan fingerprint density at radius 1 is 1.10 bits per heavy atom. The van der Waals surface area contributed by atoms with Crippen LogP contribution in [0.15, 0.2) is 36.4 Å². The lowest BCUT2D eigenvalue weighted by Gasteiger charge is -2.20. The van der Waals surface area contributed by atoms with Crippen molar-refractivity contribution in [3.8, 4) is 5.75 Å². The van der Waals surface area contributed by atoms with Gasteiger partial charge in [0.15, 0.2) is 0 Å². The van der Waals surface area contributed by atoms with Crippen LogP contribution in [0.1, 0.15) is 22.7 Å². The molecule has 1 unspecified atom stereocenters. The molecule has 3 nitrogen and oxygen atoms in total. The van der Waals surface area contributed by atoms with Gasteiger partial charge in [-0.1, -0.05) is 17.7 Å². The van der Waals surface area contributed by atoms with E-state index in [1.54, 1.807) is 12.1 Å². The van der Waals surface area contributed by atoms with E-state index in [0.717, 1.165) is 5.56 Å². The summed E-state index contributed by atoms with van der Waals surface area (Å²) >= 11 is 0. The Labute approximate surface area is 116 Å². The van der Waals surface area contributed by atoms with E-state index in [9.17, 15) is 8.78 Å². The Kier molecular flexibility index (Phi) is 4.32. The molecule has 0 aliphatic rings. The van der Waals surface area contributed by atoms with Gasteiger partial charge in [-0.25, -0.2) is 14.2 Å². The highest BCUT2D eigenvalue weighted by atomic mass is 19.1. The molecule has 0 aromatic heterocycles. The standard InChI is InChI=1S/C15H16F2N2O/c1-9-3-5-13(17)11(7-9)15(19-18)12-8-10(16)4-6-14(12)20-2/h3-8,15,19H,18H2,1-2H3. The summed E-state index contributed by atoms with van der Waals surface area (Å²) < 4.78 is 32.6. The molecule has 20 heavy (non-hydrogen) atoms. The van der Waals surface area contributed by atoms with E-state index in [0.29, 0.717) is 16.9 Å². The zero-order valence-electron chi connectivity index (χ0n) is 11.3. The first kappa shape index (κ1) is 14.4. The predicted molar refractivity (Wildman–Crippen MR) is 73.3 cm³/mol. The molecule has 0 spiro atoms. The molecule has 0 saturated carbocycles. The lowest BCUT2D eigenvalue weighted by atomic mass is 9.96. The molecule has 0 fully saturated rings. The van der Waals surface area contributed by atoms with Crippen molar-refractivity contribution >= 4 is 0 Å². The molecular weight excluding hydrogens is 262 g/mol. The van der Waals surface area contributed by atoms with Gasteiger partial charge < -0.3 is 4.74 Å². The van der Waals surface area contributed by atoms with Gasteiger partial charge in [0, 0.05) is 11.1 Å². The number of halogens is 2. The number of hydrazine groups is 1. The largest absolute Gasteiger partial charge is 0.496 e. The highest BCUT2D eigenvalue weighted by molar-refractivity contribution is 5.43. The summed E-state index contributed by atoms with van der Waals surface area (Å²) in [4.78, 5) is 0. The van der Waals surface area contributed by atoms with Crippen LogP contribution < -0.4 is 16.0 Å². The quantitative estimate of drug-likeness (QED) is 0.668. The lowest BCUT2D eigenvalue weighted by Crippen LogP contribution is -2.30. The number of nitrogens with two attached hydrogens (primary N) is 1. The molecule has 2 aromatic carbocycles. The summed E-state index contributed by atoms with van der Waals surface area (Å²) in [7, 11) is 1.47. The Balaban J connectivity index is 2.57. The van der Waals surface area contributed by atoms with Crippen LogP contribution in [-0.4, -0.2) is 7.11 Å². The summed E-state index contributed by atoms with van der Waals surface area (Å²) in [5, 5.41) is 0. The van der Waals surface area contributed by atoms with Crippen molar-refractivity contribution in [2.75, 3.05) is 7.11 Å². The van der Waals surface area contributed by atoms with E-state index < -0.39 is 17.7 Å². The Morgan fingerprint density at radius 3 is 2.50 bits per heavy atom. The van der Waals surface area contributed by atoms with Crippen molar-refractivity contribution in [2.45, 2.75) is 13.0 Å². The molecule has 0 amide bonds. The third-order valence-electron chi connectivity index (χ3n) is 3.13. The van der Waals surface area contributed by atoms with Crippen LogP contribution in [-0.2, 0) is 0 Å². The van der Waals surface area contributed by atoms with Crippen molar-refractivity contribution in [3.63, 3.8) is 0 Å². The van der Waals surface area contributed by atoms with Crippen molar-refractivity contribution in [1.29, 1.82) is 0 Å². The van der Waals surface area contributed by atoms with Gasteiger partial charge in [0.2, 0.25) is 0 Å². The third kappa shape index (κ3) is 2.79. The van der Waals surface area contributed by atoms with Gasteiger partial charge in [0.25, 0.3) is 0 Å². The van der Waals surface area contributed by atoms with E-state index >= 15 is 0 Å². The SMILES string of the molecule is COc1ccc(F)cc1C(NN)c1cc(C)ccc1F. The first-order valence-electron chi connectivity index (χ1n) is 6.12. The highest BCUT2D eigenvalue weighted by Crippen LogP contribution is 2.31. The molecule has 0 bridgehead atoms. The fraction of sp³-hybridized carbons (Fsp3) is 0.200. The van der Waals surface area contributed by atoms with Gasteiger partial charge in [-0.05, 0) is 31.2 Å². The molecule has 0 aliphatic heterocycles. The first-order valence-corrected chi connectivity index (χ1v) is 6.12. The number of ether oxygens (including phenoxy) is 1. The van der Waals surface area contributed by atoms with Crippen molar-refractivity contribution < 1.29 is 13.5 Å². The maximum absolute atomic E-state index is 14.0. The maximum atomic E-state index is 14.0. The number of methoxy groups -OCH3 is 1. The molecule has 0 heterocycles. The summed E-state index contributed by atoms with van der Waals surface area (Å²) in [6, 6.07) is 8.05. The molecule has 3 N–H and O–H groups in total. The van der Waals surface area contributed by atoms with E-state index in [2.05, 4.69) is 5.43 Å². The number of hydrogen-bond donors (Lipinski definition) is 2. The highest BCUT2D eigenvalue weighted by Gasteiger charge is 2.21. The average molecular weight is 278 g/mol. The molecule has 2 aromatic rings. The lowest BCUT2D eigenvalue weighted by molar-refractivity contribution is 0.401. The molecule has 5 heteroatoms. The van der Waals surface area contributed by atoms with Gasteiger partial charge in [0.05, 0.1) is 13.2 Å². The van der Waals surface area contributed by atoms with Crippen molar-refractivity contribution in [2.24, 2.45) is 5.84 Å². The van der Waals surface area contributed by atoms with E-state index in [-0.39, 0.29) is 0 Å². The van der Waals surface area contributed by atoms with E-state index in [1.165, 1.54) is 31.4 Å². The molecule has 2 rings (SSSR count). The van der Waals surface area contributed by atoms with Gasteiger partial charge in [-0.2, -0.15) is 0 Å². The van der Waals surface area contributed by atoms with Crippen LogP contribution in [0.25, 0.3) is 0 Å². The van der Waals surface area contributed by atoms with E-state index in [1.807, 2.05) is 6.92 Å². The summed E-state index contributed by atoms with van der Waals surface area (Å²) in [5.74, 6) is 5.13. The monoisotopic (exact) mass is 278 g/mol. The number of rotatable bonds is 4. The Bertz CT molecular complexity index is 617. The van der Waals surface area contributed by atoms with Crippen LogP contribution in [0.2, 0.25) is 0 Å². The van der Waals surface area contributed by atoms with Crippen LogP contribution >= 0.6 is 0 Å². The van der Waals surface area contributed by atoms with Gasteiger partial charge >= 0.3 is 0 Å². The summed E-state index contributed by atoms with van der Waals surface area (Å²) in [5.41, 5.74) is 4.19. The predicted octanol–water partition coefficient (Wildman–Crippen LogP) is 2.83. The normalized spacial score (nSPS) is 12.2. The Morgan fingerprint density at radius 2 is 1.85 bits per heavy atom. The topological polar surface area (TPSA) is 47.3 Å². The smallest absolute Gasteiger partial charge is 0.128 e. The van der Waals surface area contributed by atoms with Gasteiger partial charge in [0.1, 0.15) is 17.4 Å². The zero-order chi connectivity index (χ0) is 14.7. The second kappa shape index (κ2) is 5.98. The summed E-state index contributed by atoms with van der Waals surface area (Å²) in [6.45, 7) is 1.85. The first-order chi connectivity index (χ1) is 9.56. The second-order valence-electron chi connectivity index (χ2n) is 4.51. The van der Waals surface area contributed by atoms with Crippen molar-refractivity contribution in [3.05, 3.63) is 64.7 Å². The molecule has 0 saturated heterocycles. The molecular formula is C15H16F2N2O. The fourth-order valence-corrected chi connectivity index (χ4v) is 2.16. The molecule has 0 radical (unpaired) electrons. The molecule has 106 valence electrons. The number of hydrogen-bond acceptors (Lipinski definition) is 3. The van der Waals surface area contributed by atoms with Crippen LogP contribution in [0.3, 0.4) is 0 Å². The Hall–Kier alpha value is -1.98. The van der Waals surface area contributed by atoms with Crippen LogP contribution in [0, 0.1) is 18.6 Å². The maximum Gasteiger partial charge on any atom is 0.128 e. The molecule has 1 atom stereocenters. The zero-order valence-corrected chi connectivity index (χ0v) is 11.3. The van der Waals surface area contributed by atoms with Gasteiger partial charge in [-0.3, -0.25) is 5.84 Å². The van der Waals surface area contributed by atoms with Crippen LogP contribution in [0.5, 0.6) is 5.75 Å². The third-order valence-corrected chi connectivity index (χ3v) is 3.13. The number of benzene rings is 2. The fourth-order valence-electron chi connectivity index (χ4n) is 2.16. The summed E-state index contributed by atoms with van der Waals surface area (Å²) in [6.07, 6.45) is 0. The minimum atomic E-state index is -0.694. The molecule has 0 aliphatic carbocycles. The van der Waals surface area contributed by atoms with Crippen LogP contribution in [0.4, 0.5) is 8.78 Å². The average Bonchev–Trinajstić information content (AvgIpc) is 2.44. The minimum Gasteiger partial charge on any atom is -0.496 e.